The van der Waals surface area contributed by atoms with Gasteiger partial charge in [0.05, 0.1) is 6.54 Å². The molecule has 0 saturated carbocycles. The van der Waals surface area contributed by atoms with E-state index in [1.165, 1.54) is 10.7 Å². The summed E-state index contributed by atoms with van der Waals surface area (Å²) in [6.07, 6.45) is 0. The summed E-state index contributed by atoms with van der Waals surface area (Å²) in [6.45, 7) is -0.289. The molecule has 0 unspecified atom stereocenters. The van der Waals surface area contributed by atoms with E-state index in [0.717, 1.165) is 12.1 Å². The van der Waals surface area contributed by atoms with Crippen LogP contribution in [0, 0.1) is 11.6 Å². The van der Waals surface area contributed by atoms with Crippen molar-refractivity contribution in [3.8, 4) is 11.3 Å². The molecule has 26 heavy (non-hydrogen) atoms. The lowest BCUT2D eigenvalue weighted by atomic mass is 10.1. The fraction of sp³-hybridized carbons (Fsp3) is 0.118. The summed E-state index contributed by atoms with van der Waals surface area (Å²) in [5.74, 6) is -2.37. The predicted octanol–water partition coefficient (Wildman–Crippen LogP) is 4.82. The Kier molecular flexibility index (Phi) is 5.27. The lowest BCUT2D eigenvalue weighted by Crippen LogP contribution is -2.20. The van der Waals surface area contributed by atoms with Gasteiger partial charge in [0, 0.05) is 11.1 Å². The summed E-state index contributed by atoms with van der Waals surface area (Å²) in [7, 11) is 0. The number of nitrogens with zero attached hydrogens (tertiary/aromatic N) is 3. The number of halogens is 5. The highest BCUT2D eigenvalue weighted by Gasteiger charge is 2.36. The molecule has 134 valence electrons. The van der Waals surface area contributed by atoms with Crippen molar-refractivity contribution in [1.29, 1.82) is 0 Å². The first-order valence-electron chi connectivity index (χ1n) is 7.32. The number of benzene rings is 2. The van der Waals surface area contributed by atoms with Crippen LogP contribution in [0.5, 0.6) is 0 Å². The van der Waals surface area contributed by atoms with E-state index in [0.29, 0.717) is 5.56 Å². The highest BCUT2D eigenvalue weighted by molar-refractivity contribution is 6.77. The Morgan fingerprint density at radius 1 is 1.00 bits per heavy atom. The predicted molar refractivity (Wildman–Crippen MR) is 95.5 cm³/mol. The van der Waals surface area contributed by atoms with Crippen molar-refractivity contribution in [1.82, 2.24) is 15.0 Å². The highest BCUT2D eigenvalue weighted by Crippen LogP contribution is 2.34. The number of hydrogen-bond acceptors (Lipinski definition) is 3. The maximum Gasteiger partial charge on any atom is 0.255 e. The van der Waals surface area contributed by atoms with Gasteiger partial charge in [0.25, 0.3) is 3.79 Å². The molecule has 0 spiro atoms. The first-order valence-corrected chi connectivity index (χ1v) is 8.45. The molecule has 0 aliphatic heterocycles. The number of alkyl halides is 3. The summed E-state index contributed by atoms with van der Waals surface area (Å²) in [5, 5.41) is 7.62. The molecule has 0 bridgehead atoms. The molecule has 1 heterocycles. The molecular formula is C17H10Cl3F2N3O. The third-order valence-corrected chi connectivity index (χ3v) is 4.14. The minimum Gasteiger partial charge on any atom is -0.287 e. The molecule has 0 aliphatic rings. The SMILES string of the molecule is O=C(c1nnn(Cc2c(F)cccc2F)c1-c1ccccc1)C(Cl)(Cl)Cl. The molecule has 0 atom stereocenters. The van der Waals surface area contributed by atoms with Gasteiger partial charge in [-0.05, 0) is 12.1 Å². The average molecular weight is 417 g/mol. The second kappa shape index (κ2) is 7.31. The topological polar surface area (TPSA) is 47.8 Å². The van der Waals surface area contributed by atoms with Crippen molar-refractivity contribution in [2.45, 2.75) is 10.3 Å². The summed E-state index contributed by atoms with van der Waals surface area (Å²) < 4.78 is 26.9. The van der Waals surface area contributed by atoms with Crippen molar-refractivity contribution < 1.29 is 13.6 Å². The van der Waals surface area contributed by atoms with Crippen LogP contribution >= 0.6 is 34.8 Å². The van der Waals surface area contributed by atoms with Gasteiger partial charge < -0.3 is 0 Å². The summed E-state index contributed by atoms with van der Waals surface area (Å²) in [5.41, 5.74) is 0.312. The molecule has 0 radical (unpaired) electrons. The fourth-order valence-electron chi connectivity index (χ4n) is 2.43. The van der Waals surface area contributed by atoms with Gasteiger partial charge in [-0.1, -0.05) is 76.4 Å². The molecular weight excluding hydrogens is 407 g/mol. The molecule has 0 fully saturated rings. The first-order chi connectivity index (χ1) is 12.3. The molecule has 4 nitrogen and oxygen atoms in total. The van der Waals surface area contributed by atoms with Crippen LogP contribution in [0.2, 0.25) is 0 Å². The Bertz CT molecular complexity index is 935. The van der Waals surface area contributed by atoms with E-state index in [2.05, 4.69) is 10.3 Å². The zero-order chi connectivity index (χ0) is 18.9. The number of carbonyl (C=O) groups excluding carboxylic acids is 1. The second-order valence-electron chi connectivity index (χ2n) is 5.34. The molecule has 9 heteroatoms. The van der Waals surface area contributed by atoms with Crippen LogP contribution in [0.4, 0.5) is 8.78 Å². The normalized spacial score (nSPS) is 11.6. The van der Waals surface area contributed by atoms with E-state index in [4.69, 9.17) is 34.8 Å². The number of hydrogen-bond donors (Lipinski definition) is 0. The quantitative estimate of drug-likeness (QED) is 0.452. The number of aromatic nitrogens is 3. The van der Waals surface area contributed by atoms with E-state index in [9.17, 15) is 13.6 Å². The van der Waals surface area contributed by atoms with Crippen molar-refractivity contribution in [3.63, 3.8) is 0 Å². The lowest BCUT2D eigenvalue weighted by molar-refractivity contribution is 0.0992. The molecule has 0 N–H and O–H groups in total. The number of rotatable bonds is 4. The highest BCUT2D eigenvalue weighted by atomic mass is 35.6. The van der Waals surface area contributed by atoms with Gasteiger partial charge >= 0.3 is 0 Å². The zero-order valence-electron chi connectivity index (χ0n) is 13.0. The summed E-state index contributed by atoms with van der Waals surface area (Å²) >= 11 is 17.0. The van der Waals surface area contributed by atoms with Gasteiger partial charge in [0.1, 0.15) is 17.3 Å². The third-order valence-electron chi connectivity index (χ3n) is 3.62. The fourth-order valence-corrected chi connectivity index (χ4v) is 2.69. The van der Waals surface area contributed by atoms with Crippen LogP contribution in [0.3, 0.4) is 0 Å². The lowest BCUT2D eigenvalue weighted by Gasteiger charge is -2.11. The van der Waals surface area contributed by atoms with E-state index in [1.54, 1.807) is 30.3 Å². The van der Waals surface area contributed by atoms with E-state index in [1.807, 2.05) is 0 Å². The summed E-state index contributed by atoms with van der Waals surface area (Å²) in [4.78, 5) is 12.4. The van der Waals surface area contributed by atoms with Crippen LogP contribution in [0.1, 0.15) is 16.1 Å². The van der Waals surface area contributed by atoms with Crippen molar-refractivity contribution in [3.05, 3.63) is 71.4 Å². The molecule has 3 aromatic rings. The maximum atomic E-state index is 14.0. The van der Waals surface area contributed by atoms with E-state index >= 15 is 0 Å². The molecule has 0 saturated heterocycles. The molecule has 0 aliphatic carbocycles. The molecule has 0 amide bonds. The Balaban J connectivity index is 2.15. The van der Waals surface area contributed by atoms with Gasteiger partial charge in [0.15, 0.2) is 5.69 Å². The van der Waals surface area contributed by atoms with Crippen LogP contribution in [0.25, 0.3) is 11.3 Å². The van der Waals surface area contributed by atoms with Gasteiger partial charge in [-0.3, -0.25) is 4.79 Å². The monoisotopic (exact) mass is 415 g/mol. The minimum absolute atomic E-state index is 0.199. The second-order valence-corrected chi connectivity index (χ2v) is 7.62. The smallest absolute Gasteiger partial charge is 0.255 e. The van der Waals surface area contributed by atoms with Crippen molar-refractivity contribution in [2.24, 2.45) is 0 Å². The first kappa shape index (κ1) is 18.8. The van der Waals surface area contributed by atoms with Crippen molar-refractivity contribution in [2.75, 3.05) is 0 Å². The Morgan fingerprint density at radius 3 is 2.19 bits per heavy atom. The standard InChI is InChI=1S/C17H10Cl3F2N3O/c18-17(19,20)16(26)14-15(10-5-2-1-3-6-10)25(24-23-14)9-11-12(21)7-4-8-13(11)22/h1-8H,9H2. The largest absolute Gasteiger partial charge is 0.287 e. The number of Topliss-reactive ketones (excluding diaryl/α,β-unsaturated/α-hetero) is 1. The van der Waals surface area contributed by atoms with Crippen LogP contribution in [-0.2, 0) is 6.54 Å². The number of carbonyl (C=O) groups is 1. The van der Waals surface area contributed by atoms with Gasteiger partial charge in [0.2, 0.25) is 5.78 Å². The van der Waals surface area contributed by atoms with Crippen LogP contribution < -0.4 is 0 Å². The van der Waals surface area contributed by atoms with Crippen LogP contribution in [0.15, 0.2) is 48.5 Å². The zero-order valence-corrected chi connectivity index (χ0v) is 15.2. The van der Waals surface area contributed by atoms with E-state index < -0.39 is 21.2 Å². The van der Waals surface area contributed by atoms with Crippen molar-refractivity contribution >= 4 is 40.6 Å². The maximum absolute atomic E-state index is 14.0. The average Bonchev–Trinajstić information content (AvgIpc) is 3.01. The van der Waals surface area contributed by atoms with Crippen LogP contribution in [-0.4, -0.2) is 24.6 Å². The van der Waals surface area contributed by atoms with E-state index in [-0.39, 0.29) is 23.5 Å². The Labute approximate surface area is 162 Å². The Hall–Kier alpha value is -2.02. The van der Waals surface area contributed by atoms with Gasteiger partial charge in [-0.15, -0.1) is 5.10 Å². The molecule has 3 rings (SSSR count). The third kappa shape index (κ3) is 3.72. The number of ketones is 1. The van der Waals surface area contributed by atoms with Gasteiger partial charge in [-0.25, -0.2) is 13.5 Å². The van der Waals surface area contributed by atoms with Gasteiger partial charge in [-0.2, -0.15) is 0 Å². The minimum atomic E-state index is -2.24. The Morgan fingerprint density at radius 2 is 1.62 bits per heavy atom. The molecule has 1 aromatic heterocycles. The molecule has 2 aromatic carbocycles. The summed E-state index contributed by atoms with van der Waals surface area (Å²) in [6, 6.07) is 12.1.